The molecule has 0 radical (unpaired) electrons. The average Bonchev–Trinajstić information content (AvgIpc) is 2.90. The molecule has 1 unspecified atom stereocenters. The molecule has 0 aliphatic rings. The number of halogens is 2. The molecule has 190 valence electrons. The van der Waals surface area contributed by atoms with Crippen molar-refractivity contribution < 1.29 is 9.59 Å². The van der Waals surface area contributed by atoms with Crippen molar-refractivity contribution >= 4 is 46.8 Å². The quantitative estimate of drug-likeness (QED) is 0.242. The van der Waals surface area contributed by atoms with Gasteiger partial charge in [-0.25, -0.2) is 0 Å². The van der Waals surface area contributed by atoms with Crippen molar-refractivity contribution in [1.82, 2.24) is 10.2 Å². The summed E-state index contributed by atoms with van der Waals surface area (Å²) in [7, 11) is 0. The molecule has 0 aliphatic carbocycles. The lowest BCUT2D eigenvalue weighted by atomic mass is 10.0. The van der Waals surface area contributed by atoms with Crippen molar-refractivity contribution in [3.05, 3.63) is 106 Å². The number of amides is 2. The molecule has 3 aromatic rings. The molecule has 0 saturated carbocycles. The van der Waals surface area contributed by atoms with E-state index in [0.29, 0.717) is 35.2 Å². The highest BCUT2D eigenvalue weighted by Gasteiger charge is 2.30. The summed E-state index contributed by atoms with van der Waals surface area (Å²) in [4.78, 5) is 28.6. The molecule has 1 N–H and O–H groups in total. The molecule has 36 heavy (non-hydrogen) atoms. The number of benzene rings is 3. The number of thioether (sulfide) groups is 1. The van der Waals surface area contributed by atoms with E-state index in [9.17, 15) is 9.59 Å². The summed E-state index contributed by atoms with van der Waals surface area (Å²) >= 11 is 14.1. The third-order valence-electron chi connectivity index (χ3n) is 5.73. The molecule has 0 bridgehead atoms. The van der Waals surface area contributed by atoms with Gasteiger partial charge in [0.05, 0.1) is 10.0 Å². The molecule has 0 aliphatic heterocycles. The van der Waals surface area contributed by atoms with Gasteiger partial charge in [0.15, 0.2) is 0 Å². The van der Waals surface area contributed by atoms with Gasteiger partial charge in [0.2, 0.25) is 11.8 Å². The second-order valence-electron chi connectivity index (χ2n) is 8.55. The summed E-state index contributed by atoms with van der Waals surface area (Å²) in [5.74, 6) is 1.30. The fourth-order valence-electron chi connectivity index (χ4n) is 3.82. The van der Waals surface area contributed by atoms with E-state index in [4.69, 9.17) is 23.2 Å². The van der Waals surface area contributed by atoms with E-state index in [1.54, 1.807) is 28.8 Å². The van der Waals surface area contributed by atoms with E-state index in [2.05, 4.69) is 17.4 Å². The highest BCUT2D eigenvalue weighted by atomic mass is 35.5. The molecule has 7 heteroatoms. The second-order valence-corrected chi connectivity index (χ2v) is 10.5. The van der Waals surface area contributed by atoms with E-state index >= 15 is 0 Å². The van der Waals surface area contributed by atoms with Crippen LogP contribution in [0.1, 0.15) is 36.5 Å². The van der Waals surface area contributed by atoms with Crippen LogP contribution in [0, 0.1) is 0 Å². The number of carbonyl (C=O) groups excluding carboxylic acids is 2. The van der Waals surface area contributed by atoms with E-state index in [0.717, 1.165) is 23.3 Å². The van der Waals surface area contributed by atoms with Crippen molar-refractivity contribution in [1.29, 1.82) is 0 Å². The molecule has 0 aromatic heterocycles. The van der Waals surface area contributed by atoms with Gasteiger partial charge in [-0.05, 0) is 35.2 Å². The van der Waals surface area contributed by atoms with Gasteiger partial charge in [0.25, 0.3) is 0 Å². The van der Waals surface area contributed by atoms with Gasteiger partial charge >= 0.3 is 0 Å². The van der Waals surface area contributed by atoms with Crippen LogP contribution in [0.3, 0.4) is 0 Å². The maximum absolute atomic E-state index is 13.6. The van der Waals surface area contributed by atoms with Crippen molar-refractivity contribution in [2.75, 3.05) is 12.3 Å². The fourth-order valence-corrected chi connectivity index (χ4v) is 5.03. The lowest BCUT2D eigenvalue weighted by molar-refractivity contribution is -0.141. The molecule has 1 atom stereocenters. The molecule has 3 rings (SSSR count). The molecular weight excluding hydrogens is 511 g/mol. The van der Waals surface area contributed by atoms with Gasteiger partial charge in [-0.1, -0.05) is 96.9 Å². The van der Waals surface area contributed by atoms with Crippen molar-refractivity contribution in [3.63, 3.8) is 0 Å². The largest absolute Gasteiger partial charge is 0.354 e. The first-order valence-electron chi connectivity index (χ1n) is 12.1. The van der Waals surface area contributed by atoms with Gasteiger partial charge in [-0.2, -0.15) is 11.8 Å². The zero-order valence-corrected chi connectivity index (χ0v) is 22.8. The van der Waals surface area contributed by atoms with E-state index in [1.165, 1.54) is 5.56 Å². The minimum absolute atomic E-state index is 0.0609. The number of rotatable bonds is 13. The van der Waals surface area contributed by atoms with Gasteiger partial charge < -0.3 is 10.2 Å². The summed E-state index contributed by atoms with van der Waals surface area (Å²) < 4.78 is 0. The summed E-state index contributed by atoms with van der Waals surface area (Å²) in [6, 6.07) is 24.7. The van der Waals surface area contributed by atoms with E-state index in [-0.39, 0.29) is 18.4 Å². The predicted octanol–water partition coefficient (Wildman–Crippen LogP) is 6.78. The Morgan fingerprint density at radius 3 is 2.19 bits per heavy atom. The highest BCUT2D eigenvalue weighted by Crippen LogP contribution is 2.25. The second kappa shape index (κ2) is 14.9. The van der Waals surface area contributed by atoms with Gasteiger partial charge in [-0.3, -0.25) is 9.59 Å². The van der Waals surface area contributed by atoms with Crippen LogP contribution in [-0.4, -0.2) is 35.1 Å². The first kappa shape index (κ1) is 28.1. The molecule has 3 aromatic carbocycles. The minimum atomic E-state index is -0.639. The van der Waals surface area contributed by atoms with Gasteiger partial charge in [0.1, 0.15) is 6.04 Å². The summed E-state index contributed by atoms with van der Waals surface area (Å²) in [6.07, 6.45) is 1.59. The third-order valence-corrected chi connectivity index (χ3v) is 7.50. The molecule has 2 amide bonds. The molecule has 0 fully saturated rings. The number of hydrogen-bond acceptors (Lipinski definition) is 3. The first-order valence-corrected chi connectivity index (χ1v) is 14.1. The third kappa shape index (κ3) is 8.88. The van der Waals surface area contributed by atoms with Crippen LogP contribution in [0.2, 0.25) is 10.0 Å². The van der Waals surface area contributed by atoms with Crippen LogP contribution in [0.5, 0.6) is 0 Å². The summed E-state index contributed by atoms with van der Waals surface area (Å²) in [5.41, 5.74) is 3.05. The lowest BCUT2D eigenvalue weighted by Gasteiger charge is -2.31. The van der Waals surface area contributed by atoms with Crippen LogP contribution < -0.4 is 5.32 Å². The topological polar surface area (TPSA) is 49.4 Å². The van der Waals surface area contributed by atoms with E-state index in [1.807, 2.05) is 61.5 Å². The van der Waals surface area contributed by atoms with Gasteiger partial charge in [0, 0.05) is 37.4 Å². The number of hydrogen-bond donors (Lipinski definition) is 1. The van der Waals surface area contributed by atoms with Crippen LogP contribution in [0.25, 0.3) is 0 Å². The highest BCUT2D eigenvalue weighted by molar-refractivity contribution is 7.98. The Morgan fingerprint density at radius 1 is 0.889 bits per heavy atom. The van der Waals surface area contributed by atoms with Crippen molar-refractivity contribution in [2.24, 2.45) is 0 Å². The Labute approximate surface area is 228 Å². The average molecular weight is 544 g/mol. The maximum Gasteiger partial charge on any atom is 0.243 e. The molecule has 0 heterocycles. The zero-order chi connectivity index (χ0) is 25.8. The van der Waals surface area contributed by atoms with E-state index < -0.39 is 6.04 Å². The van der Waals surface area contributed by atoms with Crippen LogP contribution in [-0.2, 0) is 28.3 Å². The van der Waals surface area contributed by atoms with Crippen molar-refractivity contribution in [3.8, 4) is 0 Å². The predicted molar refractivity (Wildman–Crippen MR) is 151 cm³/mol. The Hall–Kier alpha value is -2.47. The lowest BCUT2D eigenvalue weighted by Crippen LogP contribution is -2.50. The van der Waals surface area contributed by atoms with Crippen LogP contribution in [0.15, 0.2) is 78.9 Å². The molecule has 0 spiro atoms. The number of nitrogens with zero attached hydrogens (tertiary/aromatic N) is 1. The summed E-state index contributed by atoms with van der Waals surface area (Å²) in [6.45, 7) is 2.84. The monoisotopic (exact) mass is 542 g/mol. The van der Waals surface area contributed by atoms with Gasteiger partial charge in [-0.15, -0.1) is 0 Å². The maximum atomic E-state index is 13.6. The smallest absolute Gasteiger partial charge is 0.243 e. The Bertz CT molecular complexity index is 1110. The Kier molecular flexibility index (Phi) is 11.7. The Morgan fingerprint density at radius 2 is 1.56 bits per heavy atom. The van der Waals surface area contributed by atoms with Crippen LogP contribution >= 0.6 is 35.0 Å². The molecular formula is C29H32Cl2N2O2S. The zero-order valence-electron chi connectivity index (χ0n) is 20.5. The first-order chi connectivity index (χ1) is 17.5. The number of carbonyl (C=O) groups is 2. The summed E-state index contributed by atoms with van der Waals surface area (Å²) in [5, 5.41) is 3.88. The number of nitrogens with one attached hydrogen (secondary N) is 1. The normalized spacial score (nSPS) is 11.6. The molecule has 4 nitrogen and oxygen atoms in total. The van der Waals surface area contributed by atoms with Crippen molar-refractivity contribution in [2.45, 2.75) is 44.5 Å². The van der Waals surface area contributed by atoms with Crippen LogP contribution in [0.4, 0.5) is 0 Å². The SMILES string of the molecule is CCCNC(=O)C(Cc1ccccc1)N(Cc1ccc(Cl)c(Cl)c1)C(=O)CCSCc1ccccc1. The standard InChI is InChI=1S/C29H32Cl2N2O2S/c1-2-16-32-29(35)27(19-22-9-5-3-6-10-22)33(20-24-13-14-25(30)26(31)18-24)28(34)15-17-36-21-23-11-7-4-8-12-23/h3-14,18,27H,2,15-17,19-21H2,1H3,(H,32,35). The fraction of sp³-hybridized carbons (Fsp3) is 0.310. The minimum Gasteiger partial charge on any atom is -0.354 e. The Balaban J connectivity index is 1.80. The molecule has 0 saturated heterocycles.